The largest absolute Gasteiger partial charge is 0.392 e. The molecule has 88 valence electrons. The Morgan fingerprint density at radius 2 is 2.06 bits per heavy atom. The van der Waals surface area contributed by atoms with Crippen LogP contribution in [0.2, 0.25) is 0 Å². The molecule has 0 radical (unpaired) electrons. The van der Waals surface area contributed by atoms with Crippen molar-refractivity contribution in [2.45, 2.75) is 25.5 Å². The molecule has 4 nitrogen and oxygen atoms in total. The maximum atomic E-state index is 11.8. The van der Waals surface area contributed by atoms with E-state index in [9.17, 15) is 4.79 Å². The van der Waals surface area contributed by atoms with Gasteiger partial charge in [0.1, 0.15) is 5.54 Å². The summed E-state index contributed by atoms with van der Waals surface area (Å²) in [5, 5.41) is 11.7. The molecule has 0 spiro atoms. The minimum absolute atomic E-state index is 0.207. The normalized spacial score (nSPS) is 16.2. The summed E-state index contributed by atoms with van der Waals surface area (Å²) < 4.78 is 0. The fourth-order valence-corrected chi connectivity index (χ4v) is 1.34. The Morgan fingerprint density at radius 3 is 2.56 bits per heavy atom. The molecule has 0 fully saturated rings. The number of carbonyl (C=O) groups is 1. The lowest BCUT2D eigenvalue weighted by atomic mass is 9.92. The molecule has 16 heavy (non-hydrogen) atoms. The molecule has 0 aliphatic heterocycles. The summed E-state index contributed by atoms with van der Waals surface area (Å²) in [5.41, 5.74) is 5.65. The highest BCUT2D eigenvalue weighted by atomic mass is 16.3. The van der Waals surface area contributed by atoms with Crippen molar-refractivity contribution < 1.29 is 9.90 Å². The quantitative estimate of drug-likeness (QED) is 0.688. The van der Waals surface area contributed by atoms with Gasteiger partial charge in [0.05, 0.1) is 6.10 Å². The van der Waals surface area contributed by atoms with Crippen LogP contribution >= 0.6 is 0 Å². The summed E-state index contributed by atoms with van der Waals surface area (Å²) in [7, 11) is 0. The average Bonchev–Trinajstić information content (AvgIpc) is 2.27. The van der Waals surface area contributed by atoms with Crippen molar-refractivity contribution >= 4 is 5.91 Å². The highest BCUT2D eigenvalue weighted by Gasteiger charge is 2.29. The molecule has 4 heteroatoms. The molecule has 1 unspecified atom stereocenters. The molecule has 0 bridgehead atoms. The van der Waals surface area contributed by atoms with E-state index < -0.39 is 11.6 Å². The predicted octanol–water partition coefficient (Wildman–Crippen LogP) is 0.358. The number of aliphatic hydroxyl groups is 1. The van der Waals surface area contributed by atoms with Gasteiger partial charge in [-0.25, -0.2) is 0 Å². The lowest BCUT2D eigenvalue weighted by molar-refractivity contribution is -0.126. The molecule has 0 saturated carbocycles. The number of nitrogens with two attached hydrogens (primary N) is 1. The molecule has 0 aliphatic carbocycles. The molecule has 2 atom stereocenters. The van der Waals surface area contributed by atoms with Crippen LogP contribution < -0.4 is 11.1 Å². The van der Waals surface area contributed by atoms with Crippen molar-refractivity contribution in [2.24, 2.45) is 5.73 Å². The highest BCUT2D eigenvalue weighted by molar-refractivity contribution is 5.86. The molecule has 1 rings (SSSR count). The number of aliphatic hydroxyl groups excluding tert-OH is 1. The summed E-state index contributed by atoms with van der Waals surface area (Å²) in [4.78, 5) is 11.8. The van der Waals surface area contributed by atoms with Gasteiger partial charge < -0.3 is 16.2 Å². The Kier molecular flexibility index (Phi) is 4.04. The lowest BCUT2D eigenvalue weighted by Crippen LogP contribution is -2.50. The zero-order chi connectivity index (χ0) is 12.2. The molecule has 0 saturated heterocycles. The molecule has 1 aromatic carbocycles. The van der Waals surface area contributed by atoms with Gasteiger partial charge >= 0.3 is 0 Å². The molecule has 0 aliphatic rings. The first-order valence-electron chi connectivity index (χ1n) is 5.25. The first kappa shape index (κ1) is 12.7. The van der Waals surface area contributed by atoms with Crippen molar-refractivity contribution in [1.82, 2.24) is 5.32 Å². The van der Waals surface area contributed by atoms with Crippen LogP contribution in [0.25, 0.3) is 0 Å². The fraction of sp³-hybridized carbons (Fsp3) is 0.417. The molecule has 4 N–H and O–H groups in total. The second kappa shape index (κ2) is 5.09. The van der Waals surface area contributed by atoms with Gasteiger partial charge in [0.15, 0.2) is 0 Å². The van der Waals surface area contributed by atoms with Crippen LogP contribution in [0.3, 0.4) is 0 Å². The fourth-order valence-electron chi connectivity index (χ4n) is 1.34. The lowest BCUT2D eigenvalue weighted by Gasteiger charge is -2.24. The first-order chi connectivity index (χ1) is 7.44. The zero-order valence-electron chi connectivity index (χ0n) is 9.60. The second-order valence-electron chi connectivity index (χ2n) is 4.13. The summed E-state index contributed by atoms with van der Waals surface area (Å²) in [6.07, 6.45) is -0.574. The van der Waals surface area contributed by atoms with Crippen LogP contribution in [0.5, 0.6) is 0 Å². The number of carbonyl (C=O) groups excluding carboxylic acids is 1. The van der Waals surface area contributed by atoms with Crippen LogP contribution in [0.1, 0.15) is 19.4 Å². The Hall–Kier alpha value is -1.39. The van der Waals surface area contributed by atoms with E-state index in [0.717, 1.165) is 5.56 Å². The molecular weight excluding hydrogens is 204 g/mol. The van der Waals surface area contributed by atoms with E-state index in [1.807, 2.05) is 30.3 Å². The highest BCUT2D eigenvalue weighted by Crippen LogP contribution is 2.17. The van der Waals surface area contributed by atoms with Crippen LogP contribution in [0, 0.1) is 0 Å². The van der Waals surface area contributed by atoms with E-state index in [4.69, 9.17) is 10.8 Å². The maximum absolute atomic E-state index is 11.8. The minimum Gasteiger partial charge on any atom is -0.392 e. The van der Waals surface area contributed by atoms with Gasteiger partial charge in [-0.05, 0) is 19.4 Å². The van der Waals surface area contributed by atoms with E-state index in [1.165, 1.54) is 0 Å². The Balaban J connectivity index is 2.74. The minimum atomic E-state index is -1.07. The van der Waals surface area contributed by atoms with Crippen LogP contribution in [-0.2, 0) is 10.3 Å². The van der Waals surface area contributed by atoms with Crippen molar-refractivity contribution in [3.8, 4) is 0 Å². The van der Waals surface area contributed by atoms with Crippen molar-refractivity contribution in [3.05, 3.63) is 35.9 Å². The number of hydrogen-bond acceptors (Lipinski definition) is 3. The molecule has 0 heterocycles. The SMILES string of the molecule is C[C@@H](O)CNC(=O)C(C)(N)c1ccccc1. The van der Waals surface area contributed by atoms with Crippen molar-refractivity contribution in [3.63, 3.8) is 0 Å². The Bertz CT molecular complexity index is 347. The van der Waals surface area contributed by atoms with E-state index >= 15 is 0 Å². The predicted molar refractivity (Wildman–Crippen MR) is 62.7 cm³/mol. The molecule has 1 aromatic rings. The molecule has 1 amide bonds. The van der Waals surface area contributed by atoms with E-state index in [2.05, 4.69) is 5.32 Å². The van der Waals surface area contributed by atoms with E-state index in [0.29, 0.717) is 0 Å². The monoisotopic (exact) mass is 222 g/mol. The van der Waals surface area contributed by atoms with Gasteiger partial charge in [0.2, 0.25) is 5.91 Å². The number of amides is 1. The summed E-state index contributed by atoms with van der Waals surface area (Å²) in [6, 6.07) is 9.15. The van der Waals surface area contributed by atoms with Gasteiger partial charge in [0, 0.05) is 6.54 Å². The summed E-state index contributed by atoms with van der Waals surface area (Å²) in [5.74, 6) is -0.292. The van der Waals surface area contributed by atoms with Gasteiger partial charge in [-0.1, -0.05) is 30.3 Å². The van der Waals surface area contributed by atoms with Gasteiger partial charge in [-0.2, -0.15) is 0 Å². The maximum Gasteiger partial charge on any atom is 0.244 e. The Morgan fingerprint density at radius 1 is 1.50 bits per heavy atom. The number of hydrogen-bond donors (Lipinski definition) is 3. The second-order valence-corrected chi connectivity index (χ2v) is 4.13. The summed E-state index contributed by atoms with van der Waals surface area (Å²) in [6.45, 7) is 3.47. The van der Waals surface area contributed by atoms with Crippen molar-refractivity contribution in [2.75, 3.05) is 6.54 Å². The van der Waals surface area contributed by atoms with Gasteiger partial charge in [-0.15, -0.1) is 0 Å². The van der Waals surface area contributed by atoms with Gasteiger partial charge in [0.25, 0.3) is 0 Å². The third-order valence-electron chi connectivity index (χ3n) is 2.40. The summed E-state index contributed by atoms with van der Waals surface area (Å²) >= 11 is 0. The number of benzene rings is 1. The molecule has 0 aromatic heterocycles. The van der Waals surface area contributed by atoms with E-state index in [-0.39, 0.29) is 12.5 Å². The number of rotatable bonds is 4. The van der Waals surface area contributed by atoms with Crippen molar-refractivity contribution in [1.29, 1.82) is 0 Å². The third-order valence-corrected chi connectivity index (χ3v) is 2.40. The van der Waals surface area contributed by atoms with E-state index in [1.54, 1.807) is 13.8 Å². The van der Waals surface area contributed by atoms with Gasteiger partial charge in [-0.3, -0.25) is 4.79 Å². The first-order valence-corrected chi connectivity index (χ1v) is 5.25. The van der Waals surface area contributed by atoms with Crippen LogP contribution in [0.4, 0.5) is 0 Å². The van der Waals surface area contributed by atoms with Crippen LogP contribution in [0.15, 0.2) is 30.3 Å². The number of nitrogens with one attached hydrogen (secondary N) is 1. The zero-order valence-corrected chi connectivity index (χ0v) is 9.60. The Labute approximate surface area is 95.5 Å². The van der Waals surface area contributed by atoms with Crippen LogP contribution in [-0.4, -0.2) is 23.7 Å². The topological polar surface area (TPSA) is 75.3 Å². The third kappa shape index (κ3) is 3.05. The standard InChI is InChI=1S/C12H18N2O2/c1-9(15)8-14-11(16)12(2,13)10-6-4-3-5-7-10/h3-7,9,15H,8,13H2,1-2H3,(H,14,16)/t9-,12?/m1/s1. The smallest absolute Gasteiger partial charge is 0.244 e. The molecular formula is C12H18N2O2. The average molecular weight is 222 g/mol.